The fraction of sp³-hybridized carbons (Fsp3) is 0.545. The lowest BCUT2D eigenvalue weighted by atomic mass is 9.75. The minimum absolute atomic E-state index is 0.161. The number of benzene rings is 2. The van der Waals surface area contributed by atoms with Gasteiger partial charge in [-0.25, -0.2) is 4.39 Å². The molecule has 0 amide bonds. The van der Waals surface area contributed by atoms with Crippen LogP contribution in [0.4, 0.5) is 4.39 Å². The summed E-state index contributed by atoms with van der Waals surface area (Å²) in [6, 6.07) is 9.73. The first-order valence-corrected chi connectivity index (χ1v) is 13.9. The molecule has 2 aromatic rings. The number of fused-ring (bicyclic) bond motifs is 1. The highest BCUT2D eigenvalue weighted by Gasteiger charge is 2.52. The van der Waals surface area contributed by atoms with E-state index in [1.807, 2.05) is 39.8 Å². The first kappa shape index (κ1) is 22.3. The third-order valence-electron chi connectivity index (χ3n) is 5.74. The van der Waals surface area contributed by atoms with Gasteiger partial charge in [-0.05, 0) is 62.8 Å². The van der Waals surface area contributed by atoms with Crippen molar-refractivity contribution >= 4 is 31.4 Å². The second-order valence-electron chi connectivity index (χ2n) is 9.92. The number of halogens is 1. The summed E-state index contributed by atoms with van der Waals surface area (Å²) in [6.45, 7) is 15.7. The van der Waals surface area contributed by atoms with Gasteiger partial charge in [0.2, 0.25) is 0 Å². The second-order valence-corrected chi connectivity index (χ2v) is 15.5. The summed E-state index contributed by atoms with van der Waals surface area (Å²) in [4.78, 5) is 0. The topological polar surface area (TPSA) is 36.9 Å². The molecule has 7 heteroatoms. The molecule has 1 fully saturated rings. The van der Waals surface area contributed by atoms with Crippen molar-refractivity contribution in [3.63, 3.8) is 0 Å². The molecule has 1 heterocycles. The van der Waals surface area contributed by atoms with E-state index in [-0.39, 0.29) is 12.6 Å². The van der Waals surface area contributed by atoms with Crippen LogP contribution in [0.5, 0.6) is 5.75 Å². The van der Waals surface area contributed by atoms with Crippen LogP contribution in [0, 0.1) is 5.82 Å². The Labute approximate surface area is 174 Å². The molecule has 0 atom stereocenters. The molecule has 0 spiro atoms. The summed E-state index contributed by atoms with van der Waals surface area (Å²) in [6.07, 6.45) is 0. The SMILES string of the molecule is CC1(C)OB(c2cc(OCOCC[Si](C)(C)C)cc3cccc(F)c23)OC1(C)C. The Morgan fingerprint density at radius 3 is 2.31 bits per heavy atom. The maximum atomic E-state index is 14.7. The lowest BCUT2D eigenvalue weighted by Crippen LogP contribution is -2.41. The second kappa shape index (κ2) is 8.02. The fourth-order valence-electron chi connectivity index (χ4n) is 3.17. The molecule has 0 bridgehead atoms. The van der Waals surface area contributed by atoms with Gasteiger partial charge >= 0.3 is 7.12 Å². The van der Waals surface area contributed by atoms with Crippen molar-refractivity contribution in [3.05, 3.63) is 36.1 Å². The molecular weight excluding hydrogens is 386 g/mol. The van der Waals surface area contributed by atoms with Crippen LogP contribution in [0.25, 0.3) is 10.8 Å². The summed E-state index contributed by atoms with van der Waals surface area (Å²) >= 11 is 0. The number of hydrogen-bond donors (Lipinski definition) is 0. The highest BCUT2D eigenvalue weighted by molar-refractivity contribution is 6.76. The molecule has 1 saturated heterocycles. The van der Waals surface area contributed by atoms with Gasteiger partial charge in [0.05, 0.1) is 11.2 Å². The van der Waals surface area contributed by atoms with Crippen LogP contribution in [-0.4, -0.2) is 39.8 Å². The van der Waals surface area contributed by atoms with Crippen LogP contribution in [0.2, 0.25) is 25.7 Å². The molecule has 1 aliphatic heterocycles. The Kier molecular flexibility index (Phi) is 6.16. The third-order valence-corrected chi connectivity index (χ3v) is 7.45. The molecule has 29 heavy (non-hydrogen) atoms. The van der Waals surface area contributed by atoms with Crippen molar-refractivity contribution in [2.75, 3.05) is 13.4 Å². The fourth-order valence-corrected chi connectivity index (χ4v) is 3.93. The van der Waals surface area contributed by atoms with Gasteiger partial charge in [0.25, 0.3) is 0 Å². The van der Waals surface area contributed by atoms with Gasteiger partial charge < -0.3 is 18.8 Å². The van der Waals surface area contributed by atoms with E-state index in [1.165, 1.54) is 6.07 Å². The van der Waals surface area contributed by atoms with Crippen molar-refractivity contribution in [3.8, 4) is 5.75 Å². The minimum atomic E-state index is -1.14. The molecule has 0 radical (unpaired) electrons. The molecule has 0 saturated carbocycles. The van der Waals surface area contributed by atoms with Crippen LogP contribution in [0.15, 0.2) is 30.3 Å². The van der Waals surface area contributed by atoms with E-state index in [9.17, 15) is 4.39 Å². The quantitative estimate of drug-likeness (QED) is 0.362. The zero-order valence-corrected chi connectivity index (χ0v) is 19.6. The summed E-state index contributed by atoms with van der Waals surface area (Å²) in [7, 11) is -1.81. The molecule has 0 unspecified atom stereocenters. The number of ether oxygens (including phenoxy) is 2. The molecule has 0 aromatic heterocycles. The van der Waals surface area contributed by atoms with E-state index in [0.29, 0.717) is 23.2 Å². The Balaban J connectivity index is 1.85. The average Bonchev–Trinajstić information content (AvgIpc) is 2.80. The molecule has 2 aromatic carbocycles. The van der Waals surface area contributed by atoms with Gasteiger partial charge in [0.1, 0.15) is 11.6 Å². The van der Waals surface area contributed by atoms with Crippen molar-refractivity contribution in [1.82, 2.24) is 0 Å². The highest BCUT2D eigenvalue weighted by atomic mass is 28.3. The molecule has 4 nitrogen and oxygen atoms in total. The Hall–Kier alpha value is -1.41. The molecule has 0 N–H and O–H groups in total. The van der Waals surface area contributed by atoms with E-state index in [2.05, 4.69) is 19.6 Å². The van der Waals surface area contributed by atoms with E-state index in [0.717, 1.165) is 11.4 Å². The van der Waals surface area contributed by atoms with Gasteiger partial charge in [-0.15, -0.1) is 0 Å². The van der Waals surface area contributed by atoms with Gasteiger partial charge in [-0.2, -0.15) is 0 Å². The van der Waals surface area contributed by atoms with Gasteiger partial charge in [-0.3, -0.25) is 0 Å². The first-order valence-electron chi connectivity index (χ1n) is 10.2. The predicted octanol–water partition coefficient (Wildman–Crippen LogP) is 4.97. The molecule has 1 aliphatic rings. The summed E-state index contributed by atoms with van der Waals surface area (Å²) in [5, 5.41) is 1.24. The minimum Gasteiger partial charge on any atom is -0.468 e. The van der Waals surface area contributed by atoms with Crippen molar-refractivity contribution in [1.29, 1.82) is 0 Å². The molecule has 3 rings (SSSR count). The lowest BCUT2D eigenvalue weighted by molar-refractivity contribution is 0.00578. The van der Waals surface area contributed by atoms with Gasteiger partial charge in [-0.1, -0.05) is 31.8 Å². The molecular formula is C22H32BFO4Si. The van der Waals surface area contributed by atoms with E-state index in [1.54, 1.807) is 12.1 Å². The van der Waals surface area contributed by atoms with Crippen molar-refractivity contribution in [2.24, 2.45) is 0 Å². The average molecular weight is 418 g/mol. The highest BCUT2D eigenvalue weighted by Crippen LogP contribution is 2.37. The van der Waals surface area contributed by atoms with Crippen LogP contribution in [0.3, 0.4) is 0 Å². The first-order chi connectivity index (χ1) is 13.4. The van der Waals surface area contributed by atoms with Crippen LogP contribution in [-0.2, 0) is 14.0 Å². The summed E-state index contributed by atoms with van der Waals surface area (Å²) < 4.78 is 38.6. The van der Waals surface area contributed by atoms with Crippen LogP contribution in [0.1, 0.15) is 27.7 Å². The van der Waals surface area contributed by atoms with Gasteiger partial charge in [0.15, 0.2) is 6.79 Å². The van der Waals surface area contributed by atoms with Crippen molar-refractivity contribution in [2.45, 2.75) is 64.6 Å². The Bertz CT molecular complexity index is 863. The third kappa shape index (κ3) is 5.02. The standard InChI is InChI=1S/C22H32BFO4Si/c1-21(2)22(3,4)28-23(27-21)18-14-17(26-15-25-11-12-29(5,6)7)13-16-9-8-10-19(24)20(16)18/h8-10,13-14H,11-12,15H2,1-7H3. The number of hydrogen-bond acceptors (Lipinski definition) is 4. The van der Waals surface area contributed by atoms with Crippen molar-refractivity contribution < 1.29 is 23.2 Å². The van der Waals surface area contributed by atoms with E-state index in [4.69, 9.17) is 18.8 Å². The zero-order valence-electron chi connectivity index (χ0n) is 18.6. The van der Waals surface area contributed by atoms with E-state index >= 15 is 0 Å². The lowest BCUT2D eigenvalue weighted by Gasteiger charge is -2.32. The van der Waals surface area contributed by atoms with Gasteiger partial charge in [0, 0.05) is 20.1 Å². The number of rotatable bonds is 7. The summed E-state index contributed by atoms with van der Waals surface area (Å²) in [5.74, 6) is 0.311. The maximum absolute atomic E-state index is 14.7. The smallest absolute Gasteiger partial charge is 0.468 e. The predicted molar refractivity (Wildman–Crippen MR) is 119 cm³/mol. The largest absolute Gasteiger partial charge is 0.495 e. The molecule has 0 aliphatic carbocycles. The monoisotopic (exact) mass is 418 g/mol. The Morgan fingerprint density at radius 1 is 1.03 bits per heavy atom. The zero-order chi connectivity index (χ0) is 21.4. The normalized spacial score (nSPS) is 18.4. The Morgan fingerprint density at radius 2 is 1.69 bits per heavy atom. The summed E-state index contributed by atoms with van der Waals surface area (Å²) in [5.41, 5.74) is -0.380. The van der Waals surface area contributed by atoms with E-state index < -0.39 is 26.4 Å². The molecule has 158 valence electrons. The van der Waals surface area contributed by atoms with Crippen LogP contribution < -0.4 is 10.2 Å². The maximum Gasteiger partial charge on any atom is 0.495 e. The van der Waals surface area contributed by atoms with Crippen LogP contribution >= 0.6 is 0 Å².